The molecular formula is C15H15N3O. The van der Waals surface area contributed by atoms with E-state index < -0.39 is 0 Å². The molecule has 0 saturated heterocycles. The molecule has 3 N–H and O–H groups in total. The minimum absolute atomic E-state index is 0.0566. The minimum Gasteiger partial charge on any atom is -0.397 e. The Hall–Kier alpha value is -2.49. The third-order valence-corrected chi connectivity index (χ3v) is 3.38. The van der Waals surface area contributed by atoms with E-state index in [0.717, 1.165) is 22.6 Å². The van der Waals surface area contributed by atoms with Gasteiger partial charge in [0.1, 0.15) is 0 Å². The maximum Gasteiger partial charge on any atom is 0.236 e. The van der Waals surface area contributed by atoms with Crippen LogP contribution in [0.1, 0.15) is 5.56 Å². The molecule has 3 rings (SSSR count). The van der Waals surface area contributed by atoms with E-state index in [-0.39, 0.29) is 5.91 Å². The Morgan fingerprint density at radius 1 is 1.16 bits per heavy atom. The molecule has 0 unspecified atom stereocenters. The molecular weight excluding hydrogens is 238 g/mol. The Morgan fingerprint density at radius 2 is 1.95 bits per heavy atom. The zero-order valence-electron chi connectivity index (χ0n) is 10.7. The van der Waals surface area contributed by atoms with Crippen molar-refractivity contribution in [3.05, 3.63) is 48.0 Å². The van der Waals surface area contributed by atoms with E-state index in [9.17, 15) is 4.79 Å². The van der Waals surface area contributed by atoms with Crippen LogP contribution in [0.2, 0.25) is 0 Å². The lowest BCUT2D eigenvalue weighted by molar-refractivity contribution is -0.116. The van der Waals surface area contributed by atoms with Crippen LogP contribution in [0.4, 0.5) is 22.7 Å². The van der Waals surface area contributed by atoms with Crippen molar-refractivity contribution < 1.29 is 4.79 Å². The molecule has 0 spiro atoms. The highest BCUT2D eigenvalue weighted by molar-refractivity contribution is 6.09. The molecule has 0 aromatic heterocycles. The van der Waals surface area contributed by atoms with Gasteiger partial charge >= 0.3 is 0 Å². The molecule has 96 valence electrons. The van der Waals surface area contributed by atoms with Gasteiger partial charge in [0.15, 0.2) is 0 Å². The van der Waals surface area contributed by atoms with Gasteiger partial charge in [-0.15, -0.1) is 0 Å². The second-order valence-electron chi connectivity index (χ2n) is 4.56. The van der Waals surface area contributed by atoms with E-state index in [2.05, 4.69) is 5.32 Å². The zero-order valence-corrected chi connectivity index (χ0v) is 10.7. The van der Waals surface area contributed by atoms with Crippen molar-refractivity contribution >= 4 is 28.7 Å². The number of rotatable bonds is 2. The number of nitrogens with zero attached hydrogens (tertiary/aromatic N) is 1. The Bertz CT molecular complexity index is 652. The van der Waals surface area contributed by atoms with E-state index in [1.54, 1.807) is 4.90 Å². The number of nitrogens with two attached hydrogens (primary N) is 1. The maximum absolute atomic E-state index is 12.2. The van der Waals surface area contributed by atoms with Crippen molar-refractivity contribution in [2.24, 2.45) is 0 Å². The van der Waals surface area contributed by atoms with Gasteiger partial charge < -0.3 is 11.1 Å². The fourth-order valence-electron chi connectivity index (χ4n) is 2.43. The molecule has 0 fully saturated rings. The predicted octanol–water partition coefficient (Wildman–Crippen LogP) is 2.53. The number of nitrogens with one attached hydrogen (secondary N) is 1. The van der Waals surface area contributed by atoms with Crippen LogP contribution in [0.25, 0.3) is 0 Å². The lowest BCUT2D eigenvalue weighted by Gasteiger charge is -2.19. The molecule has 1 aliphatic rings. The fourth-order valence-corrected chi connectivity index (χ4v) is 2.43. The van der Waals surface area contributed by atoms with Crippen molar-refractivity contribution in [3.8, 4) is 0 Å². The quantitative estimate of drug-likeness (QED) is 0.809. The average molecular weight is 253 g/mol. The molecule has 0 bridgehead atoms. The normalized spacial score (nSPS) is 13.5. The number of hydrogen-bond donors (Lipinski definition) is 2. The van der Waals surface area contributed by atoms with Crippen molar-refractivity contribution in [1.29, 1.82) is 0 Å². The molecule has 19 heavy (non-hydrogen) atoms. The largest absolute Gasteiger partial charge is 0.397 e. The topological polar surface area (TPSA) is 58.4 Å². The summed E-state index contributed by atoms with van der Waals surface area (Å²) in [5, 5.41) is 3.08. The minimum atomic E-state index is 0.0566. The highest BCUT2D eigenvalue weighted by atomic mass is 16.2. The van der Waals surface area contributed by atoms with E-state index in [1.165, 1.54) is 0 Å². The van der Waals surface area contributed by atoms with Gasteiger partial charge in [-0.25, -0.2) is 0 Å². The van der Waals surface area contributed by atoms with Gasteiger partial charge in [0.05, 0.1) is 23.5 Å². The molecule has 4 heteroatoms. The molecule has 0 saturated carbocycles. The van der Waals surface area contributed by atoms with Gasteiger partial charge in [-0.3, -0.25) is 9.69 Å². The fraction of sp³-hybridized carbons (Fsp3) is 0.133. The molecule has 4 nitrogen and oxygen atoms in total. The number of anilines is 4. The number of hydrogen-bond acceptors (Lipinski definition) is 3. The number of carbonyl (C=O) groups excluding carboxylic acids is 1. The summed E-state index contributed by atoms with van der Waals surface area (Å²) in [6.45, 7) is 0. The first-order chi connectivity index (χ1) is 9.20. The maximum atomic E-state index is 12.2. The van der Waals surface area contributed by atoms with Gasteiger partial charge in [-0.1, -0.05) is 12.1 Å². The number of fused-ring (bicyclic) bond motifs is 1. The summed E-state index contributed by atoms with van der Waals surface area (Å²) >= 11 is 0. The summed E-state index contributed by atoms with van der Waals surface area (Å²) in [5.74, 6) is 0.0566. The molecule has 0 radical (unpaired) electrons. The van der Waals surface area contributed by atoms with Gasteiger partial charge in [0.2, 0.25) is 5.91 Å². The van der Waals surface area contributed by atoms with E-state index in [4.69, 9.17) is 5.73 Å². The summed E-state index contributed by atoms with van der Waals surface area (Å²) < 4.78 is 0. The Labute approximate surface area is 111 Å². The lowest BCUT2D eigenvalue weighted by atomic mass is 10.1. The Morgan fingerprint density at radius 3 is 2.68 bits per heavy atom. The van der Waals surface area contributed by atoms with E-state index in [1.807, 2.05) is 49.5 Å². The van der Waals surface area contributed by atoms with Crippen molar-refractivity contribution in [3.63, 3.8) is 0 Å². The highest BCUT2D eigenvalue weighted by Crippen LogP contribution is 2.38. The summed E-state index contributed by atoms with van der Waals surface area (Å²) in [7, 11) is 1.87. The average Bonchev–Trinajstić information content (AvgIpc) is 2.74. The first kappa shape index (κ1) is 11.6. The second-order valence-corrected chi connectivity index (χ2v) is 4.56. The Kier molecular flexibility index (Phi) is 2.63. The first-order valence-corrected chi connectivity index (χ1v) is 6.19. The standard InChI is InChI=1S/C15H15N3O/c1-17-11-6-7-13-10(8-11)9-15(19)18(13)14-5-3-2-4-12(14)16/h2-8,17H,9,16H2,1H3. The number of benzene rings is 2. The molecule has 1 aliphatic heterocycles. The van der Waals surface area contributed by atoms with Crippen molar-refractivity contribution in [2.75, 3.05) is 23.0 Å². The van der Waals surface area contributed by atoms with Crippen LogP contribution in [0, 0.1) is 0 Å². The SMILES string of the molecule is CNc1ccc2c(c1)CC(=O)N2c1ccccc1N. The molecule has 0 atom stereocenters. The smallest absolute Gasteiger partial charge is 0.236 e. The third-order valence-electron chi connectivity index (χ3n) is 3.38. The monoisotopic (exact) mass is 253 g/mol. The summed E-state index contributed by atoms with van der Waals surface area (Å²) in [6, 6.07) is 13.4. The van der Waals surface area contributed by atoms with E-state index >= 15 is 0 Å². The second kappa shape index (κ2) is 4.31. The number of carbonyl (C=O) groups is 1. The van der Waals surface area contributed by atoms with Crippen LogP contribution < -0.4 is 16.0 Å². The van der Waals surface area contributed by atoms with Crippen LogP contribution in [-0.4, -0.2) is 13.0 Å². The van der Waals surface area contributed by atoms with Crippen molar-refractivity contribution in [2.45, 2.75) is 6.42 Å². The number of para-hydroxylation sites is 2. The Balaban J connectivity index is 2.11. The zero-order chi connectivity index (χ0) is 13.4. The first-order valence-electron chi connectivity index (χ1n) is 6.19. The van der Waals surface area contributed by atoms with Gasteiger partial charge in [0, 0.05) is 12.7 Å². The highest BCUT2D eigenvalue weighted by Gasteiger charge is 2.29. The third kappa shape index (κ3) is 1.81. The summed E-state index contributed by atoms with van der Waals surface area (Å²) in [6.07, 6.45) is 0.416. The lowest BCUT2D eigenvalue weighted by Crippen LogP contribution is -2.21. The van der Waals surface area contributed by atoms with Crippen LogP contribution in [0.5, 0.6) is 0 Å². The molecule has 2 aromatic rings. The predicted molar refractivity (Wildman–Crippen MR) is 77.7 cm³/mol. The van der Waals surface area contributed by atoms with Gasteiger partial charge in [0.25, 0.3) is 0 Å². The number of nitrogen functional groups attached to an aromatic ring is 1. The van der Waals surface area contributed by atoms with Crippen LogP contribution in [0.3, 0.4) is 0 Å². The van der Waals surface area contributed by atoms with Gasteiger partial charge in [-0.2, -0.15) is 0 Å². The van der Waals surface area contributed by atoms with Crippen LogP contribution in [-0.2, 0) is 11.2 Å². The summed E-state index contributed by atoms with van der Waals surface area (Å²) in [5.41, 5.74) is 10.3. The van der Waals surface area contributed by atoms with Crippen LogP contribution in [0.15, 0.2) is 42.5 Å². The molecule has 2 aromatic carbocycles. The van der Waals surface area contributed by atoms with Crippen molar-refractivity contribution in [1.82, 2.24) is 0 Å². The molecule has 0 aliphatic carbocycles. The van der Waals surface area contributed by atoms with Gasteiger partial charge in [-0.05, 0) is 35.9 Å². The molecule has 1 heterocycles. The van der Waals surface area contributed by atoms with Crippen LogP contribution >= 0.6 is 0 Å². The number of amides is 1. The summed E-state index contributed by atoms with van der Waals surface area (Å²) in [4.78, 5) is 13.9. The van der Waals surface area contributed by atoms with E-state index in [0.29, 0.717) is 12.1 Å². The molecule has 1 amide bonds.